The SMILES string of the molecule is CCOC(=O)C1=CCCCCCCCCC1. The number of rotatable bonds is 2. The quantitative estimate of drug-likeness (QED) is 0.663. The third kappa shape index (κ3) is 5.34. The number of hydrogen-bond donors (Lipinski definition) is 0. The molecule has 0 aliphatic heterocycles. The summed E-state index contributed by atoms with van der Waals surface area (Å²) in [6.07, 6.45) is 12.9. The van der Waals surface area contributed by atoms with Gasteiger partial charge in [-0.25, -0.2) is 4.79 Å². The van der Waals surface area contributed by atoms with Crippen molar-refractivity contribution in [3.8, 4) is 0 Å². The molecule has 0 saturated heterocycles. The van der Waals surface area contributed by atoms with Gasteiger partial charge in [0.25, 0.3) is 0 Å². The standard InChI is InChI=1S/C14H24O2/c1-2-16-14(15)13-11-9-7-5-3-4-6-8-10-12-13/h11H,2-10,12H2,1H3. The van der Waals surface area contributed by atoms with Crippen molar-refractivity contribution in [3.05, 3.63) is 11.6 Å². The van der Waals surface area contributed by atoms with Crippen LogP contribution in [0.2, 0.25) is 0 Å². The van der Waals surface area contributed by atoms with Gasteiger partial charge >= 0.3 is 5.97 Å². The van der Waals surface area contributed by atoms with E-state index in [1.165, 1.54) is 38.5 Å². The highest BCUT2D eigenvalue weighted by Gasteiger charge is 2.10. The second kappa shape index (κ2) is 8.37. The minimum Gasteiger partial charge on any atom is -0.463 e. The molecule has 0 aromatic carbocycles. The Morgan fingerprint density at radius 1 is 1.12 bits per heavy atom. The van der Waals surface area contributed by atoms with Crippen LogP contribution in [-0.2, 0) is 9.53 Å². The molecule has 2 nitrogen and oxygen atoms in total. The molecule has 0 spiro atoms. The smallest absolute Gasteiger partial charge is 0.333 e. The lowest BCUT2D eigenvalue weighted by Gasteiger charge is -2.06. The zero-order valence-electron chi connectivity index (χ0n) is 10.5. The van der Waals surface area contributed by atoms with Crippen LogP contribution in [0.5, 0.6) is 0 Å². The van der Waals surface area contributed by atoms with Gasteiger partial charge in [-0.2, -0.15) is 0 Å². The Labute approximate surface area is 99.1 Å². The molecule has 0 N–H and O–H groups in total. The zero-order valence-corrected chi connectivity index (χ0v) is 10.5. The van der Waals surface area contributed by atoms with Crippen molar-refractivity contribution in [3.63, 3.8) is 0 Å². The summed E-state index contributed by atoms with van der Waals surface area (Å²) in [4.78, 5) is 11.7. The van der Waals surface area contributed by atoms with Crippen LogP contribution in [0.3, 0.4) is 0 Å². The Morgan fingerprint density at radius 2 is 1.75 bits per heavy atom. The van der Waals surface area contributed by atoms with E-state index in [0.717, 1.165) is 24.8 Å². The van der Waals surface area contributed by atoms with Crippen LogP contribution >= 0.6 is 0 Å². The zero-order chi connectivity index (χ0) is 11.6. The highest BCUT2D eigenvalue weighted by molar-refractivity contribution is 5.88. The molecule has 0 saturated carbocycles. The first-order chi connectivity index (χ1) is 7.84. The van der Waals surface area contributed by atoms with Crippen molar-refractivity contribution >= 4 is 5.97 Å². The Hall–Kier alpha value is -0.790. The second-order valence-corrected chi connectivity index (χ2v) is 4.46. The average molecular weight is 224 g/mol. The van der Waals surface area contributed by atoms with Gasteiger partial charge in [-0.3, -0.25) is 0 Å². The number of carbonyl (C=O) groups is 1. The second-order valence-electron chi connectivity index (χ2n) is 4.46. The Bertz CT molecular complexity index is 231. The van der Waals surface area contributed by atoms with Gasteiger partial charge in [0, 0.05) is 5.57 Å². The molecule has 0 fully saturated rings. The molecule has 0 atom stereocenters. The number of carbonyl (C=O) groups excluding carboxylic acids is 1. The normalized spacial score (nSPS) is 19.4. The molecule has 0 aromatic rings. The van der Waals surface area contributed by atoms with E-state index < -0.39 is 0 Å². The van der Waals surface area contributed by atoms with E-state index in [1.807, 2.05) is 6.92 Å². The maximum absolute atomic E-state index is 11.7. The first kappa shape index (κ1) is 13.3. The summed E-state index contributed by atoms with van der Waals surface area (Å²) >= 11 is 0. The third-order valence-corrected chi connectivity index (χ3v) is 3.08. The molecule has 0 unspecified atom stereocenters. The minimum atomic E-state index is -0.0956. The summed E-state index contributed by atoms with van der Waals surface area (Å²) < 4.78 is 5.07. The molecule has 0 heterocycles. The fraction of sp³-hybridized carbons (Fsp3) is 0.786. The molecule has 2 heteroatoms. The van der Waals surface area contributed by atoms with Crippen LogP contribution < -0.4 is 0 Å². The van der Waals surface area contributed by atoms with Crippen molar-refractivity contribution in [2.45, 2.75) is 64.7 Å². The molecule has 1 aliphatic carbocycles. The largest absolute Gasteiger partial charge is 0.463 e. The van der Waals surface area contributed by atoms with Crippen LogP contribution in [0.1, 0.15) is 64.7 Å². The van der Waals surface area contributed by atoms with E-state index in [4.69, 9.17) is 4.74 Å². The molecule has 16 heavy (non-hydrogen) atoms. The first-order valence-electron chi connectivity index (χ1n) is 6.70. The van der Waals surface area contributed by atoms with Crippen LogP contribution in [0.4, 0.5) is 0 Å². The Balaban J connectivity index is 2.48. The minimum absolute atomic E-state index is 0.0956. The predicted molar refractivity (Wildman–Crippen MR) is 66.3 cm³/mol. The maximum atomic E-state index is 11.7. The number of esters is 1. The van der Waals surface area contributed by atoms with Gasteiger partial charge in [-0.1, -0.05) is 38.2 Å². The van der Waals surface area contributed by atoms with Crippen LogP contribution in [0.25, 0.3) is 0 Å². The van der Waals surface area contributed by atoms with Crippen LogP contribution in [-0.4, -0.2) is 12.6 Å². The highest BCUT2D eigenvalue weighted by atomic mass is 16.5. The van der Waals surface area contributed by atoms with Crippen molar-refractivity contribution in [2.75, 3.05) is 6.61 Å². The van der Waals surface area contributed by atoms with Crippen molar-refractivity contribution in [2.24, 2.45) is 0 Å². The van der Waals surface area contributed by atoms with Gasteiger partial charge in [0.15, 0.2) is 0 Å². The van der Waals surface area contributed by atoms with Gasteiger partial charge in [0.05, 0.1) is 6.61 Å². The maximum Gasteiger partial charge on any atom is 0.333 e. The van der Waals surface area contributed by atoms with Gasteiger partial charge in [0.1, 0.15) is 0 Å². The number of hydrogen-bond acceptors (Lipinski definition) is 2. The lowest BCUT2D eigenvalue weighted by Crippen LogP contribution is -2.07. The average Bonchev–Trinajstić information content (AvgIpc) is 2.34. The van der Waals surface area contributed by atoms with Crippen molar-refractivity contribution in [1.82, 2.24) is 0 Å². The third-order valence-electron chi connectivity index (χ3n) is 3.08. The van der Waals surface area contributed by atoms with Crippen LogP contribution in [0, 0.1) is 0 Å². The number of ether oxygens (including phenoxy) is 1. The van der Waals surface area contributed by atoms with E-state index >= 15 is 0 Å². The molecule has 92 valence electrons. The fourth-order valence-corrected chi connectivity index (χ4v) is 2.13. The monoisotopic (exact) mass is 224 g/mol. The molecule has 0 bridgehead atoms. The summed E-state index contributed by atoms with van der Waals surface area (Å²) in [5.41, 5.74) is 0.906. The van der Waals surface area contributed by atoms with Gasteiger partial charge < -0.3 is 4.74 Å². The molecule has 0 amide bonds. The molecule has 0 aromatic heterocycles. The van der Waals surface area contributed by atoms with Crippen LogP contribution in [0.15, 0.2) is 11.6 Å². The molecule has 1 aliphatic rings. The van der Waals surface area contributed by atoms with E-state index in [2.05, 4.69) is 6.08 Å². The lowest BCUT2D eigenvalue weighted by molar-refractivity contribution is -0.138. The van der Waals surface area contributed by atoms with Gasteiger partial charge in [0.2, 0.25) is 0 Å². The topological polar surface area (TPSA) is 26.3 Å². The van der Waals surface area contributed by atoms with Crippen molar-refractivity contribution in [1.29, 1.82) is 0 Å². The molecule has 0 radical (unpaired) electrons. The van der Waals surface area contributed by atoms with E-state index in [-0.39, 0.29) is 5.97 Å². The van der Waals surface area contributed by atoms with E-state index in [9.17, 15) is 4.79 Å². The van der Waals surface area contributed by atoms with E-state index in [1.54, 1.807) is 0 Å². The van der Waals surface area contributed by atoms with Gasteiger partial charge in [-0.15, -0.1) is 0 Å². The van der Waals surface area contributed by atoms with Crippen molar-refractivity contribution < 1.29 is 9.53 Å². The molecular weight excluding hydrogens is 200 g/mol. The lowest BCUT2D eigenvalue weighted by atomic mass is 10.1. The Kier molecular flexibility index (Phi) is 6.95. The predicted octanol–water partition coefficient (Wildman–Crippen LogP) is 4.00. The summed E-state index contributed by atoms with van der Waals surface area (Å²) in [7, 11) is 0. The summed E-state index contributed by atoms with van der Waals surface area (Å²) in [5.74, 6) is -0.0956. The Morgan fingerprint density at radius 3 is 2.44 bits per heavy atom. The summed E-state index contributed by atoms with van der Waals surface area (Å²) in [6.45, 7) is 2.35. The van der Waals surface area contributed by atoms with Gasteiger partial charge in [-0.05, 0) is 32.6 Å². The first-order valence-corrected chi connectivity index (χ1v) is 6.70. The fourth-order valence-electron chi connectivity index (χ4n) is 2.13. The summed E-state index contributed by atoms with van der Waals surface area (Å²) in [6, 6.07) is 0. The highest BCUT2D eigenvalue weighted by Crippen LogP contribution is 2.17. The molecular formula is C14H24O2. The van der Waals surface area contributed by atoms with E-state index in [0.29, 0.717) is 6.61 Å². The summed E-state index contributed by atoms with van der Waals surface area (Å²) in [5, 5.41) is 0. The number of allylic oxidation sites excluding steroid dienone is 1. The molecule has 1 rings (SSSR count).